The lowest BCUT2D eigenvalue weighted by Gasteiger charge is -2.14. The topological polar surface area (TPSA) is 9.86 Å². The second-order valence-electron chi connectivity index (χ2n) is 12.2. The van der Waals surface area contributed by atoms with Crippen LogP contribution in [0, 0.1) is 0 Å². The van der Waals surface area contributed by atoms with Crippen LogP contribution in [-0.2, 0) is 0 Å². The molecule has 0 unspecified atom stereocenters. The maximum atomic E-state index is 2.44. The molecule has 2 heterocycles. The van der Waals surface area contributed by atoms with Crippen molar-refractivity contribution < 1.29 is 0 Å². The molecule has 0 saturated carbocycles. The van der Waals surface area contributed by atoms with Crippen molar-refractivity contribution in [3.63, 3.8) is 0 Å². The van der Waals surface area contributed by atoms with E-state index in [0.717, 1.165) is 11.4 Å². The summed E-state index contributed by atoms with van der Waals surface area (Å²) in [6.45, 7) is 0. The first-order chi connectivity index (χ1) is 22.8. The normalized spacial score (nSPS) is 11.9. The SMILES string of the molecule is c1ccc(-n2ccc3ccc4c5ccccc5n(-c5ccc(-c6ccc7c8ccccc8c8ccccc8c7c6)cc5)c4c32)cc1. The summed E-state index contributed by atoms with van der Waals surface area (Å²) in [7, 11) is 0. The Labute approximate surface area is 266 Å². The molecule has 2 nitrogen and oxygen atoms in total. The van der Waals surface area contributed by atoms with E-state index in [0.29, 0.717) is 0 Å². The molecule has 10 aromatic rings. The molecule has 2 heteroatoms. The Kier molecular flexibility index (Phi) is 5.31. The molecule has 0 bridgehead atoms. The zero-order valence-electron chi connectivity index (χ0n) is 25.1. The minimum absolute atomic E-state index is 1.15. The van der Waals surface area contributed by atoms with Crippen LogP contribution < -0.4 is 0 Å². The summed E-state index contributed by atoms with van der Waals surface area (Å²) in [5.41, 5.74) is 8.40. The maximum absolute atomic E-state index is 2.44. The summed E-state index contributed by atoms with van der Waals surface area (Å²) in [6, 6.07) is 59.8. The van der Waals surface area contributed by atoms with Crippen molar-refractivity contribution in [2.75, 3.05) is 0 Å². The third kappa shape index (κ3) is 3.59. The monoisotopic (exact) mass is 584 g/mol. The summed E-state index contributed by atoms with van der Waals surface area (Å²) in [5.74, 6) is 0. The summed E-state index contributed by atoms with van der Waals surface area (Å²) < 4.78 is 4.76. The van der Waals surface area contributed by atoms with Crippen LogP contribution in [0.5, 0.6) is 0 Å². The fourth-order valence-corrected chi connectivity index (χ4v) is 7.63. The molecule has 46 heavy (non-hydrogen) atoms. The third-order valence-corrected chi connectivity index (χ3v) is 9.72. The van der Waals surface area contributed by atoms with Crippen LogP contribution >= 0.6 is 0 Å². The van der Waals surface area contributed by atoms with E-state index in [2.05, 4.69) is 179 Å². The Morgan fingerprint density at radius 1 is 0.326 bits per heavy atom. The van der Waals surface area contributed by atoms with Gasteiger partial charge >= 0.3 is 0 Å². The van der Waals surface area contributed by atoms with Crippen molar-refractivity contribution in [2.24, 2.45) is 0 Å². The van der Waals surface area contributed by atoms with Crippen LogP contribution in [0.15, 0.2) is 170 Å². The van der Waals surface area contributed by atoms with Crippen molar-refractivity contribution in [3.8, 4) is 22.5 Å². The lowest BCUT2D eigenvalue weighted by atomic mass is 9.92. The number of benzene rings is 8. The minimum atomic E-state index is 1.15. The average Bonchev–Trinajstić information content (AvgIpc) is 3.72. The highest BCUT2D eigenvalue weighted by atomic mass is 15.0. The predicted molar refractivity (Wildman–Crippen MR) is 196 cm³/mol. The average molecular weight is 585 g/mol. The van der Waals surface area contributed by atoms with Gasteiger partial charge in [0.05, 0.1) is 16.6 Å². The van der Waals surface area contributed by atoms with E-state index < -0.39 is 0 Å². The molecule has 0 atom stereocenters. The van der Waals surface area contributed by atoms with Gasteiger partial charge in [-0.3, -0.25) is 0 Å². The highest BCUT2D eigenvalue weighted by molar-refractivity contribution is 6.25. The fraction of sp³-hybridized carbons (Fsp3) is 0. The van der Waals surface area contributed by atoms with Gasteiger partial charge in [-0.15, -0.1) is 0 Å². The van der Waals surface area contributed by atoms with E-state index in [1.165, 1.54) is 76.2 Å². The van der Waals surface area contributed by atoms with Gasteiger partial charge in [-0.1, -0.05) is 121 Å². The molecule has 0 N–H and O–H groups in total. The molecule has 0 fully saturated rings. The molecule has 8 aromatic carbocycles. The highest BCUT2D eigenvalue weighted by Gasteiger charge is 2.18. The molecule has 0 saturated heterocycles. The molecule has 0 aliphatic carbocycles. The van der Waals surface area contributed by atoms with Gasteiger partial charge in [0.1, 0.15) is 0 Å². The maximum Gasteiger partial charge on any atom is 0.0788 e. The van der Waals surface area contributed by atoms with Crippen molar-refractivity contribution >= 4 is 65.0 Å². The quantitative estimate of drug-likeness (QED) is 0.183. The van der Waals surface area contributed by atoms with E-state index in [-0.39, 0.29) is 0 Å². The van der Waals surface area contributed by atoms with Gasteiger partial charge in [0, 0.05) is 33.7 Å². The van der Waals surface area contributed by atoms with Crippen LogP contribution in [0.2, 0.25) is 0 Å². The summed E-state index contributed by atoms with van der Waals surface area (Å²) in [6.07, 6.45) is 2.19. The Bertz CT molecular complexity index is 2740. The zero-order chi connectivity index (χ0) is 30.2. The van der Waals surface area contributed by atoms with Gasteiger partial charge < -0.3 is 9.13 Å². The van der Waals surface area contributed by atoms with Crippen LogP contribution in [0.3, 0.4) is 0 Å². The lowest BCUT2D eigenvalue weighted by molar-refractivity contribution is 1.12. The van der Waals surface area contributed by atoms with E-state index in [9.17, 15) is 0 Å². The Morgan fingerprint density at radius 3 is 1.61 bits per heavy atom. The van der Waals surface area contributed by atoms with E-state index in [1.807, 2.05) is 0 Å². The van der Waals surface area contributed by atoms with Crippen molar-refractivity contribution in [2.45, 2.75) is 0 Å². The number of rotatable bonds is 3. The Hall–Kier alpha value is -6.12. The number of nitrogens with zero attached hydrogens (tertiary/aromatic N) is 2. The standard InChI is InChI=1S/C44H28N2/c1-2-10-32(11-3-1)45-27-26-30-20-25-40-39-16-8-9-17-42(39)46(44(40)43(30)45)33-22-18-29(19-23-33)31-21-24-38-36-14-5-4-12-34(36)35-13-6-7-15-37(35)41(38)28-31/h1-28H. The number of fused-ring (bicyclic) bond motifs is 11. The van der Waals surface area contributed by atoms with Gasteiger partial charge in [-0.2, -0.15) is 0 Å². The number of hydrogen-bond donors (Lipinski definition) is 0. The van der Waals surface area contributed by atoms with E-state index >= 15 is 0 Å². The van der Waals surface area contributed by atoms with E-state index in [4.69, 9.17) is 0 Å². The van der Waals surface area contributed by atoms with Crippen LogP contribution in [0.25, 0.3) is 87.5 Å². The molecule has 0 radical (unpaired) electrons. The highest BCUT2D eigenvalue weighted by Crippen LogP contribution is 2.40. The first-order valence-electron chi connectivity index (χ1n) is 15.9. The zero-order valence-corrected chi connectivity index (χ0v) is 25.1. The van der Waals surface area contributed by atoms with Crippen molar-refractivity contribution in [1.29, 1.82) is 0 Å². The lowest BCUT2D eigenvalue weighted by Crippen LogP contribution is -1.98. The first-order valence-corrected chi connectivity index (χ1v) is 15.9. The van der Waals surface area contributed by atoms with Gasteiger partial charge in [0.25, 0.3) is 0 Å². The van der Waals surface area contributed by atoms with Gasteiger partial charge in [-0.05, 0) is 85.9 Å². The molecule has 10 rings (SSSR count). The molecule has 0 spiro atoms. The number of aromatic nitrogens is 2. The minimum Gasteiger partial charge on any atom is -0.315 e. The second-order valence-corrected chi connectivity index (χ2v) is 12.2. The van der Waals surface area contributed by atoms with E-state index in [1.54, 1.807) is 0 Å². The van der Waals surface area contributed by atoms with Crippen LogP contribution in [0.4, 0.5) is 0 Å². The molecule has 0 aliphatic heterocycles. The molecule has 0 amide bonds. The predicted octanol–water partition coefficient (Wildman–Crippen LogP) is 11.9. The largest absolute Gasteiger partial charge is 0.315 e. The van der Waals surface area contributed by atoms with Gasteiger partial charge in [-0.25, -0.2) is 0 Å². The third-order valence-electron chi connectivity index (χ3n) is 9.72. The Morgan fingerprint density at radius 2 is 0.891 bits per heavy atom. The summed E-state index contributed by atoms with van der Waals surface area (Å²) in [4.78, 5) is 0. The summed E-state index contributed by atoms with van der Waals surface area (Å²) in [5, 5.41) is 11.6. The number of hydrogen-bond acceptors (Lipinski definition) is 0. The Balaban J connectivity index is 1.18. The van der Waals surface area contributed by atoms with Crippen LogP contribution in [0.1, 0.15) is 0 Å². The van der Waals surface area contributed by atoms with Crippen molar-refractivity contribution in [3.05, 3.63) is 170 Å². The van der Waals surface area contributed by atoms with Gasteiger partial charge in [0.2, 0.25) is 0 Å². The van der Waals surface area contributed by atoms with Crippen molar-refractivity contribution in [1.82, 2.24) is 9.13 Å². The van der Waals surface area contributed by atoms with Gasteiger partial charge in [0.15, 0.2) is 0 Å². The summed E-state index contributed by atoms with van der Waals surface area (Å²) >= 11 is 0. The fourth-order valence-electron chi connectivity index (χ4n) is 7.63. The second kappa shape index (κ2) is 9.69. The molecule has 214 valence electrons. The molecular weight excluding hydrogens is 556 g/mol. The smallest absolute Gasteiger partial charge is 0.0788 e. The molecule has 2 aromatic heterocycles. The molecular formula is C44H28N2. The first kappa shape index (κ1) is 25.2. The number of para-hydroxylation sites is 2. The molecule has 0 aliphatic rings. The van der Waals surface area contributed by atoms with Crippen LogP contribution in [-0.4, -0.2) is 9.13 Å².